The van der Waals surface area contributed by atoms with Crippen molar-refractivity contribution in [2.75, 3.05) is 6.61 Å². The highest BCUT2D eigenvalue weighted by Gasteiger charge is 2.16. The van der Waals surface area contributed by atoms with Crippen LogP contribution < -0.4 is 4.74 Å². The predicted octanol–water partition coefficient (Wildman–Crippen LogP) is 6.81. The maximum absolute atomic E-state index is 11.3. The van der Waals surface area contributed by atoms with Gasteiger partial charge in [0.2, 0.25) is 0 Å². The van der Waals surface area contributed by atoms with Crippen LogP contribution in [0.1, 0.15) is 29.4 Å². The van der Waals surface area contributed by atoms with Gasteiger partial charge in [-0.15, -0.1) is 11.3 Å². The molecule has 0 unspecified atom stereocenters. The summed E-state index contributed by atoms with van der Waals surface area (Å²) in [7, 11) is 0. The Hall–Kier alpha value is -3.90. The normalized spacial score (nSPS) is 11.1. The second kappa shape index (κ2) is 10.8. The average Bonchev–Trinajstić information content (AvgIpc) is 3.47. The van der Waals surface area contributed by atoms with E-state index in [1.807, 2.05) is 35.7 Å². The largest absolute Gasteiger partial charge is 0.487 e. The van der Waals surface area contributed by atoms with Crippen LogP contribution in [0.2, 0.25) is 0 Å². The minimum Gasteiger partial charge on any atom is -0.487 e. The molecule has 3 aromatic carbocycles. The molecule has 2 aromatic heterocycles. The number of ether oxygens (including phenoxy) is 2. The highest BCUT2D eigenvalue weighted by Crippen LogP contribution is 2.31. The SMILES string of the molecule is CC(=O)OCCc1c(C)n(Cc2ccccc2)c2ccc(OCc3csc(-c4ccccc4)n3)cc12. The summed E-state index contributed by atoms with van der Waals surface area (Å²) in [5, 5.41) is 4.16. The van der Waals surface area contributed by atoms with E-state index in [1.165, 1.54) is 23.7 Å². The zero-order chi connectivity index (χ0) is 24.9. The quantitative estimate of drug-likeness (QED) is 0.211. The Morgan fingerprint density at radius 3 is 2.50 bits per heavy atom. The van der Waals surface area contributed by atoms with Crippen LogP contribution in [0.15, 0.2) is 84.2 Å². The van der Waals surface area contributed by atoms with Crippen molar-refractivity contribution in [2.45, 2.75) is 33.4 Å². The van der Waals surface area contributed by atoms with Crippen molar-refractivity contribution in [3.63, 3.8) is 0 Å². The predicted molar refractivity (Wildman–Crippen MR) is 144 cm³/mol. The zero-order valence-electron chi connectivity index (χ0n) is 20.4. The van der Waals surface area contributed by atoms with Crippen LogP contribution in [0.3, 0.4) is 0 Å². The van der Waals surface area contributed by atoms with Crippen molar-refractivity contribution < 1.29 is 14.3 Å². The van der Waals surface area contributed by atoms with Gasteiger partial charge in [-0.25, -0.2) is 4.98 Å². The molecule has 0 atom stereocenters. The van der Waals surface area contributed by atoms with E-state index < -0.39 is 0 Å². The molecule has 0 bridgehead atoms. The minimum absolute atomic E-state index is 0.261. The monoisotopic (exact) mass is 496 g/mol. The van der Waals surface area contributed by atoms with Gasteiger partial charge in [-0.1, -0.05) is 60.7 Å². The zero-order valence-corrected chi connectivity index (χ0v) is 21.3. The molecule has 0 aliphatic heterocycles. The van der Waals surface area contributed by atoms with Crippen molar-refractivity contribution in [3.8, 4) is 16.3 Å². The van der Waals surface area contributed by atoms with E-state index in [4.69, 9.17) is 14.5 Å². The van der Waals surface area contributed by atoms with Crippen LogP contribution in [0.4, 0.5) is 0 Å². The fraction of sp³-hybridized carbons (Fsp3) is 0.200. The Morgan fingerprint density at radius 2 is 1.75 bits per heavy atom. The van der Waals surface area contributed by atoms with Gasteiger partial charge in [-0.2, -0.15) is 0 Å². The van der Waals surface area contributed by atoms with Gasteiger partial charge in [0.25, 0.3) is 0 Å². The van der Waals surface area contributed by atoms with Crippen molar-refractivity contribution in [1.29, 1.82) is 0 Å². The van der Waals surface area contributed by atoms with Crippen molar-refractivity contribution in [1.82, 2.24) is 9.55 Å². The van der Waals surface area contributed by atoms with Gasteiger partial charge in [-0.05, 0) is 36.2 Å². The van der Waals surface area contributed by atoms with E-state index in [1.54, 1.807) is 11.3 Å². The molecule has 5 aromatic rings. The number of benzene rings is 3. The smallest absolute Gasteiger partial charge is 0.302 e. The summed E-state index contributed by atoms with van der Waals surface area (Å²) in [6.07, 6.45) is 0.652. The lowest BCUT2D eigenvalue weighted by Gasteiger charge is -2.10. The number of aromatic nitrogens is 2. The van der Waals surface area contributed by atoms with Crippen LogP contribution in [0.5, 0.6) is 5.75 Å². The number of fused-ring (bicyclic) bond motifs is 1. The summed E-state index contributed by atoms with van der Waals surface area (Å²) in [5.41, 5.74) is 6.75. The number of carbonyl (C=O) groups excluding carboxylic acids is 1. The summed E-state index contributed by atoms with van der Waals surface area (Å²) in [5.74, 6) is 0.533. The molecule has 0 aliphatic carbocycles. The van der Waals surface area contributed by atoms with Crippen LogP contribution in [-0.4, -0.2) is 22.1 Å². The molecular formula is C30H28N2O3S. The first-order valence-corrected chi connectivity index (χ1v) is 12.9. The van der Waals surface area contributed by atoms with Crippen molar-refractivity contribution in [3.05, 3.63) is 107 Å². The Morgan fingerprint density at radius 1 is 1.00 bits per heavy atom. The topological polar surface area (TPSA) is 53.4 Å². The first-order chi connectivity index (χ1) is 17.6. The fourth-order valence-corrected chi connectivity index (χ4v) is 5.26. The standard InChI is InChI=1S/C30H28N2O3S/c1-21-27(15-16-34-22(2)33)28-17-26(13-14-29(28)32(21)18-23-9-5-3-6-10-23)35-19-25-20-36-30(31-25)24-11-7-4-8-12-24/h3-14,17,20H,15-16,18-19H2,1-2H3. The third kappa shape index (κ3) is 5.34. The summed E-state index contributed by atoms with van der Waals surface area (Å²) in [6, 6.07) is 26.8. The lowest BCUT2D eigenvalue weighted by Crippen LogP contribution is -2.05. The van der Waals surface area contributed by atoms with Crippen LogP contribution >= 0.6 is 11.3 Å². The van der Waals surface area contributed by atoms with E-state index in [-0.39, 0.29) is 5.97 Å². The van der Waals surface area contributed by atoms with E-state index in [2.05, 4.69) is 60.0 Å². The van der Waals surface area contributed by atoms with Crippen molar-refractivity contribution >= 4 is 28.2 Å². The van der Waals surface area contributed by atoms with E-state index in [0.717, 1.165) is 39.5 Å². The number of thiazole rings is 1. The van der Waals surface area contributed by atoms with E-state index in [9.17, 15) is 4.79 Å². The molecular weight excluding hydrogens is 468 g/mol. The van der Waals surface area contributed by atoms with Gasteiger partial charge in [0, 0.05) is 47.4 Å². The highest BCUT2D eigenvalue weighted by molar-refractivity contribution is 7.13. The number of esters is 1. The Labute approximate surface area is 215 Å². The Kier molecular flexibility index (Phi) is 7.14. The molecule has 0 N–H and O–H groups in total. The number of nitrogens with zero attached hydrogens (tertiary/aromatic N) is 2. The molecule has 0 saturated heterocycles. The van der Waals surface area contributed by atoms with Gasteiger partial charge in [0.15, 0.2) is 0 Å². The highest BCUT2D eigenvalue weighted by atomic mass is 32.1. The molecule has 0 saturated carbocycles. The molecule has 5 rings (SSSR count). The summed E-state index contributed by atoms with van der Waals surface area (Å²) >= 11 is 1.62. The number of hydrogen-bond donors (Lipinski definition) is 0. The van der Waals surface area contributed by atoms with Crippen molar-refractivity contribution in [2.24, 2.45) is 0 Å². The fourth-order valence-electron chi connectivity index (χ4n) is 4.45. The Bertz CT molecular complexity index is 1470. The molecule has 0 spiro atoms. The molecule has 6 heteroatoms. The second-order valence-corrected chi connectivity index (χ2v) is 9.56. The molecule has 0 fully saturated rings. The maximum Gasteiger partial charge on any atom is 0.302 e. The first kappa shape index (κ1) is 23.8. The molecule has 36 heavy (non-hydrogen) atoms. The number of rotatable bonds is 9. The van der Waals surface area contributed by atoms with Crippen LogP contribution in [0.25, 0.3) is 21.5 Å². The lowest BCUT2D eigenvalue weighted by atomic mass is 10.1. The van der Waals surface area contributed by atoms with Gasteiger partial charge < -0.3 is 14.0 Å². The lowest BCUT2D eigenvalue weighted by molar-refractivity contribution is -0.140. The van der Waals surface area contributed by atoms with Gasteiger partial charge >= 0.3 is 5.97 Å². The third-order valence-electron chi connectivity index (χ3n) is 6.23. The number of hydrogen-bond acceptors (Lipinski definition) is 5. The Balaban J connectivity index is 1.40. The van der Waals surface area contributed by atoms with Gasteiger partial charge in [0.05, 0.1) is 12.3 Å². The van der Waals surface area contributed by atoms with Crippen LogP contribution in [-0.2, 0) is 29.1 Å². The van der Waals surface area contributed by atoms with Gasteiger partial charge in [-0.3, -0.25) is 4.79 Å². The molecule has 182 valence electrons. The van der Waals surface area contributed by atoms with E-state index in [0.29, 0.717) is 19.6 Å². The average molecular weight is 497 g/mol. The first-order valence-electron chi connectivity index (χ1n) is 12.0. The molecule has 0 radical (unpaired) electrons. The summed E-state index contributed by atoms with van der Waals surface area (Å²) < 4.78 is 13.8. The minimum atomic E-state index is -0.261. The summed E-state index contributed by atoms with van der Waals surface area (Å²) in [4.78, 5) is 16.1. The van der Waals surface area contributed by atoms with E-state index >= 15 is 0 Å². The number of carbonyl (C=O) groups is 1. The van der Waals surface area contributed by atoms with Crippen LogP contribution in [0, 0.1) is 6.92 Å². The third-order valence-corrected chi connectivity index (χ3v) is 7.17. The molecule has 2 heterocycles. The molecule has 5 nitrogen and oxygen atoms in total. The summed E-state index contributed by atoms with van der Waals surface area (Å²) in [6.45, 7) is 5.11. The molecule has 0 amide bonds. The molecule has 0 aliphatic rings. The van der Waals surface area contributed by atoms with Gasteiger partial charge in [0.1, 0.15) is 17.4 Å². The maximum atomic E-state index is 11.3. The second-order valence-electron chi connectivity index (χ2n) is 8.70.